The standard InChI is InChI=1S/C15H24N2O/c1-12-6-4-5-7-13(12)8-9-17-14(18)10-15(2,3)11-16/h4-7H,8-11,16H2,1-3H3,(H,17,18). The summed E-state index contributed by atoms with van der Waals surface area (Å²) in [7, 11) is 0. The number of carbonyl (C=O) groups excluding carboxylic acids is 1. The Morgan fingerprint density at radius 1 is 1.33 bits per heavy atom. The van der Waals surface area contributed by atoms with Crippen molar-refractivity contribution in [3.05, 3.63) is 35.4 Å². The van der Waals surface area contributed by atoms with Gasteiger partial charge in [-0.25, -0.2) is 0 Å². The van der Waals surface area contributed by atoms with Crippen LogP contribution in [0.4, 0.5) is 0 Å². The number of hydrogen-bond acceptors (Lipinski definition) is 2. The molecule has 18 heavy (non-hydrogen) atoms. The van der Waals surface area contributed by atoms with Gasteiger partial charge in [0.1, 0.15) is 0 Å². The van der Waals surface area contributed by atoms with Crippen molar-refractivity contribution in [2.75, 3.05) is 13.1 Å². The molecule has 0 fully saturated rings. The topological polar surface area (TPSA) is 55.1 Å². The van der Waals surface area contributed by atoms with E-state index in [1.54, 1.807) is 0 Å². The van der Waals surface area contributed by atoms with Gasteiger partial charge in [0.2, 0.25) is 5.91 Å². The fraction of sp³-hybridized carbons (Fsp3) is 0.533. The molecule has 0 spiro atoms. The van der Waals surface area contributed by atoms with Gasteiger partial charge in [0, 0.05) is 13.0 Å². The molecule has 0 heterocycles. The van der Waals surface area contributed by atoms with E-state index in [0.29, 0.717) is 19.5 Å². The third-order valence-corrected chi connectivity index (χ3v) is 3.17. The average molecular weight is 248 g/mol. The fourth-order valence-electron chi connectivity index (χ4n) is 1.80. The van der Waals surface area contributed by atoms with Gasteiger partial charge in [0.15, 0.2) is 0 Å². The Bertz CT molecular complexity index is 399. The van der Waals surface area contributed by atoms with Crippen molar-refractivity contribution in [1.29, 1.82) is 0 Å². The van der Waals surface area contributed by atoms with Crippen molar-refractivity contribution in [2.45, 2.75) is 33.6 Å². The number of carbonyl (C=O) groups is 1. The highest BCUT2D eigenvalue weighted by molar-refractivity contribution is 5.76. The highest BCUT2D eigenvalue weighted by Crippen LogP contribution is 2.17. The number of aryl methyl sites for hydroxylation is 1. The van der Waals surface area contributed by atoms with Crippen molar-refractivity contribution in [3.63, 3.8) is 0 Å². The van der Waals surface area contributed by atoms with Crippen LogP contribution < -0.4 is 11.1 Å². The minimum absolute atomic E-state index is 0.0824. The molecule has 3 nitrogen and oxygen atoms in total. The highest BCUT2D eigenvalue weighted by Gasteiger charge is 2.19. The van der Waals surface area contributed by atoms with Gasteiger partial charge in [-0.2, -0.15) is 0 Å². The molecule has 100 valence electrons. The molecule has 0 aliphatic rings. The third-order valence-electron chi connectivity index (χ3n) is 3.17. The second-order valence-electron chi connectivity index (χ2n) is 5.57. The Kier molecular flexibility index (Phi) is 5.35. The van der Waals surface area contributed by atoms with Crippen LogP contribution in [-0.4, -0.2) is 19.0 Å². The predicted octanol–water partition coefficient (Wildman–Crippen LogP) is 2.03. The quantitative estimate of drug-likeness (QED) is 0.809. The van der Waals surface area contributed by atoms with Crippen molar-refractivity contribution >= 4 is 5.91 Å². The SMILES string of the molecule is Cc1ccccc1CCNC(=O)CC(C)(C)CN. The second kappa shape index (κ2) is 6.55. The molecule has 1 aromatic carbocycles. The van der Waals surface area contributed by atoms with E-state index in [0.717, 1.165) is 6.42 Å². The monoisotopic (exact) mass is 248 g/mol. The maximum atomic E-state index is 11.7. The van der Waals surface area contributed by atoms with Crippen molar-refractivity contribution in [2.24, 2.45) is 11.1 Å². The van der Waals surface area contributed by atoms with E-state index in [1.165, 1.54) is 11.1 Å². The zero-order valence-corrected chi connectivity index (χ0v) is 11.6. The molecule has 1 rings (SSSR count). The van der Waals surface area contributed by atoms with Gasteiger partial charge in [0.05, 0.1) is 0 Å². The summed E-state index contributed by atoms with van der Waals surface area (Å²) in [5.74, 6) is 0.0824. The maximum Gasteiger partial charge on any atom is 0.220 e. The Morgan fingerprint density at radius 3 is 2.61 bits per heavy atom. The average Bonchev–Trinajstić information content (AvgIpc) is 2.31. The van der Waals surface area contributed by atoms with Gasteiger partial charge >= 0.3 is 0 Å². The number of nitrogens with two attached hydrogens (primary N) is 1. The summed E-state index contributed by atoms with van der Waals surface area (Å²) in [5.41, 5.74) is 8.06. The molecule has 0 bridgehead atoms. The number of rotatable bonds is 6. The molecule has 0 aliphatic heterocycles. The predicted molar refractivity (Wildman–Crippen MR) is 75.3 cm³/mol. The second-order valence-corrected chi connectivity index (χ2v) is 5.57. The first-order valence-electron chi connectivity index (χ1n) is 6.46. The Balaban J connectivity index is 2.34. The molecule has 0 aromatic heterocycles. The minimum Gasteiger partial charge on any atom is -0.356 e. The summed E-state index contributed by atoms with van der Waals surface area (Å²) >= 11 is 0. The molecular weight excluding hydrogens is 224 g/mol. The Hall–Kier alpha value is -1.35. The summed E-state index contributed by atoms with van der Waals surface area (Å²) in [6.07, 6.45) is 1.36. The highest BCUT2D eigenvalue weighted by atomic mass is 16.1. The Labute approximate surface area is 110 Å². The van der Waals surface area contributed by atoms with Crippen LogP contribution in [0.2, 0.25) is 0 Å². The van der Waals surface area contributed by atoms with Crippen LogP contribution in [0, 0.1) is 12.3 Å². The molecule has 0 aliphatic carbocycles. The van der Waals surface area contributed by atoms with Gasteiger partial charge in [-0.05, 0) is 36.4 Å². The summed E-state index contributed by atoms with van der Waals surface area (Å²) < 4.78 is 0. The molecule has 0 unspecified atom stereocenters. The van der Waals surface area contributed by atoms with Crippen LogP contribution in [0.15, 0.2) is 24.3 Å². The lowest BCUT2D eigenvalue weighted by molar-refractivity contribution is -0.122. The van der Waals surface area contributed by atoms with E-state index >= 15 is 0 Å². The number of benzene rings is 1. The van der Waals surface area contributed by atoms with Crippen LogP contribution in [0.1, 0.15) is 31.4 Å². The lowest BCUT2D eigenvalue weighted by Crippen LogP contribution is -2.34. The summed E-state index contributed by atoms with van der Waals surface area (Å²) in [4.78, 5) is 11.7. The van der Waals surface area contributed by atoms with E-state index in [2.05, 4.69) is 24.4 Å². The van der Waals surface area contributed by atoms with Gasteiger partial charge in [-0.3, -0.25) is 4.79 Å². The first-order valence-corrected chi connectivity index (χ1v) is 6.46. The van der Waals surface area contributed by atoms with Crippen LogP contribution in [-0.2, 0) is 11.2 Å². The lowest BCUT2D eigenvalue weighted by Gasteiger charge is -2.21. The zero-order valence-electron chi connectivity index (χ0n) is 11.6. The lowest BCUT2D eigenvalue weighted by atomic mass is 9.89. The molecule has 0 atom stereocenters. The molecule has 0 saturated carbocycles. The van der Waals surface area contributed by atoms with Crippen LogP contribution in [0.5, 0.6) is 0 Å². The summed E-state index contributed by atoms with van der Waals surface area (Å²) in [5, 5.41) is 2.95. The molecule has 0 radical (unpaired) electrons. The number of nitrogens with one attached hydrogen (secondary N) is 1. The molecule has 3 N–H and O–H groups in total. The minimum atomic E-state index is -0.118. The fourth-order valence-corrected chi connectivity index (χ4v) is 1.80. The van der Waals surface area contributed by atoms with Crippen LogP contribution in [0.25, 0.3) is 0 Å². The first kappa shape index (κ1) is 14.7. The van der Waals surface area contributed by atoms with Crippen molar-refractivity contribution in [1.82, 2.24) is 5.32 Å². The molecule has 1 aromatic rings. The first-order chi connectivity index (χ1) is 8.44. The molecule has 0 saturated heterocycles. The van der Waals surface area contributed by atoms with E-state index in [1.807, 2.05) is 26.0 Å². The normalized spacial score (nSPS) is 11.3. The maximum absolute atomic E-state index is 11.7. The van der Waals surface area contributed by atoms with E-state index in [9.17, 15) is 4.79 Å². The van der Waals surface area contributed by atoms with E-state index in [4.69, 9.17) is 5.73 Å². The molecular formula is C15H24N2O. The van der Waals surface area contributed by atoms with Gasteiger partial charge < -0.3 is 11.1 Å². The third kappa shape index (κ3) is 4.88. The largest absolute Gasteiger partial charge is 0.356 e. The van der Waals surface area contributed by atoms with Gasteiger partial charge in [-0.1, -0.05) is 38.1 Å². The van der Waals surface area contributed by atoms with Crippen molar-refractivity contribution < 1.29 is 4.79 Å². The van der Waals surface area contributed by atoms with E-state index in [-0.39, 0.29) is 11.3 Å². The number of hydrogen-bond donors (Lipinski definition) is 2. The smallest absolute Gasteiger partial charge is 0.220 e. The van der Waals surface area contributed by atoms with Crippen LogP contribution in [0.3, 0.4) is 0 Å². The molecule has 3 heteroatoms. The van der Waals surface area contributed by atoms with Crippen molar-refractivity contribution in [3.8, 4) is 0 Å². The van der Waals surface area contributed by atoms with Gasteiger partial charge in [-0.15, -0.1) is 0 Å². The Morgan fingerprint density at radius 2 is 2.00 bits per heavy atom. The van der Waals surface area contributed by atoms with E-state index < -0.39 is 0 Å². The van der Waals surface area contributed by atoms with Crippen LogP contribution >= 0.6 is 0 Å². The summed E-state index contributed by atoms with van der Waals surface area (Å²) in [6, 6.07) is 8.25. The number of amides is 1. The molecule has 1 amide bonds. The zero-order chi connectivity index (χ0) is 13.6. The van der Waals surface area contributed by atoms with Gasteiger partial charge in [0.25, 0.3) is 0 Å². The summed E-state index contributed by atoms with van der Waals surface area (Å²) in [6.45, 7) is 7.32.